The number of nitrogens with one attached hydrogen (secondary N) is 1. The van der Waals surface area contributed by atoms with Crippen LogP contribution in [0, 0.1) is 0 Å². The molecule has 3 heterocycles. The number of hydrogen-bond acceptors (Lipinski definition) is 4. The lowest BCUT2D eigenvalue weighted by Gasteiger charge is -2.34. The van der Waals surface area contributed by atoms with E-state index in [9.17, 15) is 0 Å². The van der Waals surface area contributed by atoms with Crippen LogP contribution in [0.4, 0.5) is 0 Å². The normalized spacial score (nSPS) is 23.5. The fourth-order valence-electron chi connectivity index (χ4n) is 3.12. The molecule has 3 rings (SSSR count). The highest BCUT2D eigenvalue weighted by Crippen LogP contribution is 2.27. The molecule has 1 aliphatic heterocycles. The minimum absolute atomic E-state index is 0.0415. The summed E-state index contributed by atoms with van der Waals surface area (Å²) < 4.78 is 13.5. The average Bonchev–Trinajstić information content (AvgIpc) is 3.17. The van der Waals surface area contributed by atoms with Crippen molar-refractivity contribution < 1.29 is 9.15 Å². The standard InChI is InChI=1S/C17H25N3O2/c1-13(7-8-14-5-3-11-21-14)19-15-6-4-12-22-16(15)17-18-9-10-20(17)2/h3,5,9-11,13,15-16,19H,4,6-8,12H2,1-2H3/t13?,15-,16-/m0/s1. The van der Waals surface area contributed by atoms with E-state index < -0.39 is 0 Å². The van der Waals surface area contributed by atoms with Gasteiger partial charge in [-0.2, -0.15) is 0 Å². The Labute approximate surface area is 131 Å². The van der Waals surface area contributed by atoms with Crippen molar-refractivity contribution in [2.75, 3.05) is 6.61 Å². The van der Waals surface area contributed by atoms with Gasteiger partial charge in [-0.1, -0.05) is 0 Å². The molecule has 3 atom stereocenters. The number of rotatable bonds is 6. The Bertz CT molecular complexity index is 564. The lowest BCUT2D eigenvalue weighted by atomic mass is 9.99. The monoisotopic (exact) mass is 303 g/mol. The summed E-state index contributed by atoms with van der Waals surface area (Å²) >= 11 is 0. The van der Waals surface area contributed by atoms with Crippen molar-refractivity contribution in [3.8, 4) is 0 Å². The zero-order chi connectivity index (χ0) is 15.4. The first kappa shape index (κ1) is 15.3. The lowest BCUT2D eigenvalue weighted by Crippen LogP contribution is -2.44. The molecular weight excluding hydrogens is 278 g/mol. The number of hydrogen-bond donors (Lipinski definition) is 1. The van der Waals surface area contributed by atoms with Crippen molar-refractivity contribution in [1.29, 1.82) is 0 Å². The molecule has 1 unspecified atom stereocenters. The van der Waals surface area contributed by atoms with Crippen molar-refractivity contribution in [3.63, 3.8) is 0 Å². The summed E-state index contributed by atoms with van der Waals surface area (Å²) in [7, 11) is 2.03. The highest BCUT2D eigenvalue weighted by Gasteiger charge is 2.30. The lowest BCUT2D eigenvalue weighted by molar-refractivity contribution is -0.0201. The van der Waals surface area contributed by atoms with E-state index in [1.54, 1.807) is 6.26 Å². The van der Waals surface area contributed by atoms with Crippen LogP contribution in [-0.4, -0.2) is 28.2 Å². The highest BCUT2D eigenvalue weighted by molar-refractivity contribution is 5.03. The molecule has 0 amide bonds. The van der Waals surface area contributed by atoms with Crippen LogP contribution in [0.5, 0.6) is 0 Å². The van der Waals surface area contributed by atoms with Crippen molar-refractivity contribution in [1.82, 2.24) is 14.9 Å². The molecule has 120 valence electrons. The van der Waals surface area contributed by atoms with E-state index in [4.69, 9.17) is 9.15 Å². The minimum atomic E-state index is 0.0415. The van der Waals surface area contributed by atoms with Gasteiger partial charge in [-0.3, -0.25) is 0 Å². The molecule has 0 bridgehead atoms. The minimum Gasteiger partial charge on any atom is -0.469 e. The maximum Gasteiger partial charge on any atom is 0.139 e. The third kappa shape index (κ3) is 3.59. The van der Waals surface area contributed by atoms with Gasteiger partial charge in [-0.15, -0.1) is 0 Å². The van der Waals surface area contributed by atoms with Crippen LogP contribution < -0.4 is 5.32 Å². The summed E-state index contributed by atoms with van der Waals surface area (Å²) in [5.41, 5.74) is 0. The average molecular weight is 303 g/mol. The molecule has 0 radical (unpaired) electrons. The number of aryl methyl sites for hydroxylation is 2. The van der Waals surface area contributed by atoms with Gasteiger partial charge in [0.15, 0.2) is 0 Å². The predicted molar refractivity (Wildman–Crippen MR) is 84.5 cm³/mol. The SMILES string of the molecule is CC(CCc1ccco1)N[C@H]1CCCO[C@@H]1c1nccn1C. The molecule has 0 aromatic carbocycles. The van der Waals surface area contributed by atoms with Gasteiger partial charge in [0.1, 0.15) is 17.7 Å². The summed E-state index contributed by atoms with van der Waals surface area (Å²) in [6, 6.07) is 4.72. The van der Waals surface area contributed by atoms with E-state index in [1.165, 1.54) is 0 Å². The Morgan fingerprint density at radius 2 is 2.41 bits per heavy atom. The van der Waals surface area contributed by atoms with Crippen LogP contribution in [0.25, 0.3) is 0 Å². The van der Waals surface area contributed by atoms with E-state index >= 15 is 0 Å². The third-order valence-electron chi connectivity index (χ3n) is 4.34. The second-order valence-corrected chi connectivity index (χ2v) is 6.12. The summed E-state index contributed by atoms with van der Waals surface area (Å²) in [5, 5.41) is 3.73. The number of ether oxygens (including phenoxy) is 1. The summed E-state index contributed by atoms with van der Waals surface area (Å²) in [4.78, 5) is 4.47. The van der Waals surface area contributed by atoms with Gasteiger partial charge in [0, 0.05) is 44.6 Å². The number of furan rings is 1. The number of imidazole rings is 1. The zero-order valence-corrected chi connectivity index (χ0v) is 13.4. The molecule has 1 aliphatic rings. The molecule has 0 spiro atoms. The largest absolute Gasteiger partial charge is 0.469 e. The number of nitrogens with zero attached hydrogens (tertiary/aromatic N) is 2. The third-order valence-corrected chi connectivity index (χ3v) is 4.34. The molecule has 5 heteroatoms. The van der Waals surface area contributed by atoms with Crippen LogP contribution >= 0.6 is 0 Å². The Hall–Kier alpha value is -1.59. The predicted octanol–water partition coefficient (Wildman–Crippen LogP) is 2.84. The molecule has 22 heavy (non-hydrogen) atoms. The van der Waals surface area contributed by atoms with Gasteiger partial charge in [-0.25, -0.2) is 4.98 Å². The molecule has 1 N–H and O–H groups in total. The van der Waals surface area contributed by atoms with E-state index in [0.717, 1.165) is 43.9 Å². The fraction of sp³-hybridized carbons (Fsp3) is 0.588. The smallest absolute Gasteiger partial charge is 0.139 e. The maximum absolute atomic E-state index is 6.00. The molecule has 2 aromatic heterocycles. The van der Waals surface area contributed by atoms with Crippen molar-refractivity contribution in [3.05, 3.63) is 42.4 Å². The first-order chi connectivity index (χ1) is 10.7. The highest BCUT2D eigenvalue weighted by atomic mass is 16.5. The molecule has 1 saturated heterocycles. The molecule has 5 nitrogen and oxygen atoms in total. The molecule has 0 saturated carbocycles. The maximum atomic E-state index is 6.00. The summed E-state index contributed by atoms with van der Waals surface area (Å²) in [6.07, 6.45) is 9.83. The van der Waals surface area contributed by atoms with Gasteiger partial charge >= 0.3 is 0 Å². The van der Waals surface area contributed by atoms with E-state index in [1.807, 2.05) is 31.6 Å². The summed E-state index contributed by atoms with van der Waals surface area (Å²) in [6.45, 7) is 3.05. The fourth-order valence-corrected chi connectivity index (χ4v) is 3.12. The Morgan fingerprint density at radius 3 is 3.14 bits per heavy atom. The Kier molecular flexibility index (Phi) is 4.95. The topological polar surface area (TPSA) is 52.2 Å². The van der Waals surface area contributed by atoms with Gasteiger partial charge < -0.3 is 19.0 Å². The molecule has 1 fully saturated rings. The Morgan fingerprint density at radius 1 is 1.50 bits per heavy atom. The summed E-state index contributed by atoms with van der Waals surface area (Å²) in [5.74, 6) is 2.06. The van der Waals surface area contributed by atoms with E-state index in [2.05, 4.69) is 21.8 Å². The quantitative estimate of drug-likeness (QED) is 0.891. The van der Waals surface area contributed by atoms with Crippen LogP contribution in [0.3, 0.4) is 0 Å². The van der Waals surface area contributed by atoms with Crippen LogP contribution in [-0.2, 0) is 18.2 Å². The van der Waals surface area contributed by atoms with Crippen molar-refractivity contribution in [2.45, 2.75) is 50.8 Å². The number of aromatic nitrogens is 2. The van der Waals surface area contributed by atoms with Gasteiger partial charge in [-0.05, 0) is 38.3 Å². The van der Waals surface area contributed by atoms with Gasteiger partial charge in [0.25, 0.3) is 0 Å². The van der Waals surface area contributed by atoms with Crippen LogP contribution in [0.15, 0.2) is 35.2 Å². The van der Waals surface area contributed by atoms with E-state index in [-0.39, 0.29) is 6.10 Å². The van der Waals surface area contributed by atoms with Gasteiger partial charge in [0.05, 0.1) is 6.26 Å². The van der Waals surface area contributed by atoms with E-state index in [0.29, 0.717) is 12.1 Å². The second-order valence-electron chi connectivity index (χ2n) is 6.12. The van der Waals surface area contributed by atoms with Crippen molar-refractivity contribution in [2.24, 2.45) is 7.05 Å². The zero-order valence-electron chi connectivity index (χ0n) is 13.4. The second kappa shape index (κ2) is 7.11. The first-order valence-corrected chi connectivity index (χ1v) is 8.11. The Balaban J connectivity index is 1.58. The van der Waals surface area contributed by atoms with Crippen molar-refractivity contribution >= 4 is 0 Å². The van der Waals surface area contributed by atoms with Crippen LogP contribution in [0.1, 0.15) is 43.9 Å². The molecule has 0 aliphatic carbocycles. The molecular formula is C17H25N3O2. The van der Waals surface area contributed by atoms with Gasteiger partial charge in [0.2, 0.25) is 0 Å². The van der Waals surface area contributed by atoms with Crippen LogP contribution in [0.2, 0.25) is 0 Å². The molecule has 2 aromatic rings. The first-order valence-electron chi connectivity index (χ1n) is 8.11.